The molecule has 1 saturated carbocycles. The molecule has 1 unspecified atom stereocenters. The SMILES string of the molecule is Oc1ccc2c(c1)OCC(C1CCCC1)S2. The first kappa shape index (κ1) is 10.3. The van der Waals surface area contributed by atoms with Crippen molar-refractivity contribution in [1.82, 2.24) is 0 Å². The maximum atomic E-state index is 9.38. The number of phenolic OH excluding ortho intramolecular Hbond substituents is 1. The van der Waals surface area contributed by atoms with E-state index in [1.165, 1.54) is 30.6 Å². The average Bonchev–Trinajstić information content (AvgIpc) is 2.82. The van der Waals surface area contributed by atoms with Crippen LogP contribution in [0.3, 0.4) is 0 Å². The third-order valence-corrected chi connectivity index (χ3v) is 4.95. The highest BCUT2D eigenvalue weighted by Gasteiger charge is 2.30. The van der Waals surface area contributed by atoms with E-state index in [0.717, 1.165) is 18.3 Å². The van der Waals surface area contributed by atoms with Crippen molar-refractivity contribution < 1.29 is 9.84 Å². The van der Waals surface area contributed by atoms with Crippen molar-refractivity contribution in [2.45, 2.75) is 35.8 Å². The van der Waals surface area contributed by atoms with E-state index in [1.54, 1.807) is 12.1 Å². The highest BCUT2D eigenvalue weighted by Crippen LogP contribution is 2.44. The summed E-state index contributed by atoms with van der Waals surface area (Å²) in [5.74, 6) is 1.96. The molecule has 1 fully saturated rings. The van der Waals surface area contributed by atoms with Crippen LogP contribution in [0.15, 0.2) is 23.1 Å². The monoisotopic (exact) mass is 236 g/mol. The van der Waals surface area contributed by atoms with Gasteiger partial charge in [-0.15, -0.1) is 11.8 Å². The highest BCUT2D eigenvalue weighted by atomic mass is 32.2. The number of fused-ring (bicyclic) bond motifs is 1. The van der Waals surface area contributed by atoms with Crippen LogP contribution in [0.1, 0.15) is 25.7 Å². The van der Waals surface area contributed by atoms with Gasteiger partial charge in [0.25, 0.3) is 0 Å². The number of rotatable bonds is 1. The van der Waals surface area contributed by atoms with Crippen LogP contribution in [0, 0.1) is 5.92 Å². The molecule has 16 heavy (non-hydrogen) atoms. The van der Waals surface area contributed by atoms with Crippen LogP contribution in [0.2, 0.25) is 0 Å². The number of hydrogen-bond donors (Lipinski definition) is 1. The average molecular weight is 236 g/mol. The van der Waals surface area contributed by atoms with Gasteiger partial charge in [-0.05, 0) is 30.9 Å². The van der Waals surface area contributed by atoms with Gasteiger partial charge in [-0.3, -0.25) is 0 Å². The van der Waals surface area contributed by atoms with E-state index >= 15 is 0 Å². The number of benzene rings is 1. The molecule has 1 N–H and O–H groups in total. The molecule has 1 aliphatic carbocycles. The van der Waals surface area contributed by atoms with Gasteiger partial charge in [-0.1, -0.05) is 12.8 Å². The number of phenols is 1. The van der Waals surface area contributed by atoms with Crippen LogP contribution in [0.5, 0.6) is 11.5 Å². The van der Waals surface area contributed by atoms with Gasteiger partial charge in [0.1, 0.15) is 18.1 Å². The molecule has 0 amide bonds. The predicted octanol–water partition coefficient (Wildman–Crippen LogP) is 3.44. The Morgan fingerprint density at radius 1 is 1.25 bits per heavy atom. The predicted molar refractivity (Wildman–Crippen MR) is 65.2 cm³/mol. The van der Waals surface area contributed by atoms with E-state index in [2.05, 4.69) is 0 Å². The van der Waals surface area contributed by atoms with Crippen molar-refractivity contribution in [3.63, 3.8) is 0 Å². The fourth-order valence-electron chi connectivity index (χ4n) is 2.64. The first-order valence-electron chi connectivity index (χ1n) is 5.95. The van der Waals surface area contributed by atoms with Gasteiger partial charge in [0.2, 0.25) is 0 Å². The zero-order valence-electron chi connectivity index (χ0n) is 9.19. The summed E-state index contributed by atoms with van der Waals surface area (Å²) in [7, 11) is 0. The molecule has 1 heterocycles. The summed E-state index contributed by atoms with van der Waals surface area (Å²) in [6, 6.07) is 5.43. The van der Waals surface area contributed by atoms with Crippen LogP contribution in [-0.4, -0.2) is 17.0 Å². The molecule has 1 atom stereocenters. The van der Waals surface area contributed by atoms with E-state index in [1.807, 2.05) is 17.8 Å². The molecular weight excluding hydrogens is 220 g/mol. The van der Waals surface area contributed by atoms with Crippen LogP contribution in [0.4, 0.5) is 0 Å². The van der Waals surface area contributed by atoms with E-state index in [0.29, 0.717) is 11.0 Å². The fraction of sp³-hybridized carbons (Fsp3) is 0.538. The van der Waals surface area contributed by atoms with Crippen molar-refractivity contribution in [3.05, 3.63) is 18.2 Å². The summed E-state index contributed by atoms with van der Waals surface area (Å²) < 4.78 is 5.75. The lowest BCUT2D eigenvalue weighted by Gasteiger charge is -2.28. The van der Waals surface area contributed by atoms with Gasteiger partial charge >= 0.3 is 0 Å². The second kappa shape index (κ2) is 4.21. The van der Waals surface area contributed by atoms with Gasteiger partial charge in [-0.2, -0.15) is 0 Å². The van der Waals surface area contributed by atoms with Crippen molar-refractivity contribution in [2.75, 3.05) is 6.61 Å². The molecule has 1 aromatic rings. The minimum absolute atomic E-state index is 0.290. The third-order valence-electron chi connectivity index (χ3n) is 3.53. The molecule has 86 valence electrons. The molecule has 0 saturated heterocycles. The minimum atomic E-state index is 0.290. The molecule has 2 nitrogen and oxygen atoms in total. The Bertz CT molecular complexity index is 386. The third kappa shape index (κ3) is 1.88. The second-order valence-corrected chi connectivity index (χ2v) is 5.92. The highest BCUT2D eigenvalue weighted by molar-refractivity contribution is 8.00. The lowest BCUT2D eigenvalue weighted by Crippen LogP contribution is -2.25. The first-order chi connectivity index (χ1) is 7.83. The largest absolute Gasteiger partial charge is 0.508 e. The smallest absolute Gasteiger partial charge is 0.136 e. The summed E-state index contributed by atoms with van der Waals surface area (Å²) in [5.41, 5.74) is 0. The van der Waals surface area contributed by atoms with Crippen molar-refractivity contribution in [1.29, 1.82) is 0 Å². The van der Waals surface area contributed by atoms with E-state index in [-0.39, 0.29) is 0 Å². The summed E-state index contributed by atoms with van der Waals surface area (Å²) in [6.45, 7) is 0.797. The molecule has 1 aromatic carbocycles. The Kier molecular flexibility index (Phi) is 2.72. The molecule has 2 aliphatic rings. The molecule has 0 spiro atoms. The number of aromatic hydroxyl groups is 1. The summed E-state index contributed by atoms with van der Waals surface area (Å²) in [6.07, 6.45) is 5.47. The fourth-order valence-corrected chi connectivity index (χ4v) is 3.94. The molecule has 3 rings (SSSR count). The van der Waals surface area contributed by atoms with E-state index in [9.17, 15) is 5.11 Å². The minimum Gasteiger partial charge on any atom is -0.508 e. The molecule has 0 aromatic heterocycles. The summed E-state index contributed by atoms with van der Waals surface area (Å²) >= 11 is 1.93. The lowest BCUT2D eigenvalue weighted by molar-refractivity contribution is 0.272. The molecule has 0 radical (unpaired) electrons. The van der Waals surface area contributed by atoms with E-state index in [4.69, 9.17) is 4.74 Å². The summed E-state index contributed by atoms with van der Waals surface area (Å²) in [4.78, 5) is 1.18. The van der Waals surface area contributed by atoms with Crippen LogP contribution < -0.4 is 4.74 Å². The number of ether oxygens (including phenoxy) is 1. The van der Waals surface area contributed by atoms with Gasteiger partial charge < -0.3 is 9.84 Å². The summed E-state index contributed by atoms with van der Waals surface area (Å²) in [5, 5.41) is 9.99. The van der Waals surface area contributed by atoms with Gasteiger partial charge in [0.15, 0.2) is 0 Å². The Balaban J connectivity index is 1.78. The molecular formula is C13H16O2S. The first-order valence-corrected chi connectivity index (χ1v) is 6.83. The van der Waals surface area contributed by atoms with Crippen LogP contribution in [0.25, 0.3) is 0 Å². The molecule has 1 aliphatic heterocycles. The maximum absolute atomic E-state index is 9.38. The Morgan fingerprint density at radius 2 is 2.06 bits per heavy atom. The van der Waals surface area contributed by atoms with Crippen molar-refractivity contribution in [3.8, 4) is 11.5 Å². The maximum Gasteiger partial charge on any atom is 0.136 e. The van der Waals surface area contributed by atoms with Crippen LogP contribution in [-0.2, 0) is 0 Å². The second-order valence-electron chi connectivity index (χ2n) is 4.64. The van der Waals surface area contributed by atoms with Gasteiger partial charge in [0.05, 0.1) is 4.90 Å². The molecule has 0 bridgehead atoms. The number of thioether (sulfide) groups is 1. The normalized spacial score (nSPS) is 25.1. The van der Waals surface area contributed by atoms with Crippen molar-refractivity contribution >= 4 is 11.8 Å². The topological polar surface area (TPSA) is 29.5 Å². The quantitative estimate of drug-likeness (QED) is 0.810. The molecule has 3 heteroatoms. The Morgan fingerprint density at radius 3 is 2.88 bits per heavy atom. The standard InChI is InChI=1S/C13H16O2S/c14-10-5-6-12-11(7-10)15-8-13(16-12)9-3-1-2-4-9/h5-7,9,13-14H,1-4,8H2. The Hall–Kier alpha value is -0.830. The zero-order valence-corrected chi connectivity index (χ0v) is 10.0. The van der Waals surface area contributed by atoms with Gasteiger partial charge in [0, 0.05) is 11.3 Å². The van der Waals surface area contributed by atoms with Crippen molar-refractivity contribution in [2.24, 2.45) is 5.92 Å². The lowest BCUT2D eigenvalue weighted by atomic mass is 10.0. The van der Waals surface area contributed by atoms with Gasteiger partial charge in [-0.25, -0.2) is 0 Å². The van der Waals surface area contributed by atoms with Crippen LogP contribution >= 0.6 is 11.8 Å². The Labute approximate surface area is 100 Å². The number of hydrogen-bond acceptors (Lipinski definition) is 3. The van der Waals surface area contributed by atoms with E-state index < -0.39 is 0 Å². The zero-order chi connectivity index (χ0) is 11.0.